The van der Waals surface area contributed by atoms with Crippen molar-refractivity contribution in [3.8, 4) is 0 Å². The number of hydrogen-bond donors (Lipinski definition) is 0. The van der Waals surface area contributed by atoms with Crippen molar-refractivity contribution in [3.63, 3.8) is 0 Å². The van der Waals surface area contributed by atoms with Gasteiger partial charge in [-0.1, -0.05) is 30.3 Å². The Morgan fingerprint density at radius 1 is 1.08 bits per heavy atom. The van der Waals surface area contributed by atoms with Crippen LogP contribution in [0.5, 0.6) is 0 Å². The summed E-state index contributed by atoms with van der Waals surface area (Å²) in [5, 5.41) is 0. The smallest absolute Gasteiger partial charge is 0.228 e. The lowest BCUT2D eigenvalue weighted by atomic mass is 10.1. The fourth-order valence-corrected chi connectivity index (χ4v) is 3.42. The fraction of sp³-hybridized carbons (Fsp3) is 0.333. The normalized spacial score (nSPS) is 12.8. The van der Waals surface area contributed by atoms with Crippen LogP contribution in [0.4, 0.5) is 11.4 Å². The molecule has 2 aromatic carbocycles. The Morgan fingerprint density at radius 2 is 1.84 bits per heavy atom. The predicted molar refractivity (Wildman–Crippen MR) is 101 cm³/mol. The maximum atomic E-state index is 12.7. The molecule has 0 aromatic heterocycles. The number of fused-ring (bicyclic) bond motifs is 1. The Kier molecular flexibility index (Phi) is 4.88. The third kappa shape index (κ3) is 3.43. The first kappa shape index (κ1) is 17.2. The molecule has 0 unspecified atom stereocenters. The molecule has 1 aliphatic heterocycles. The highest BCUT2D eigenvalue weighted by Gasteiger charge is 2.25. The number of anilines is 2. The Balaban J connectivity index is 1.74. The van der Waals surface area contributed by atoms with Crippen LogP contribution in [0.15, 0.2) is 42.5 Å². The van der Waals surface area contributed by atoms with Crippen LogP contribution in [0.2, 0.25) is 0 Å². The van der Waals surface area contributed by atoms with Gasteiger partial charge in [-0.25, -0.2) is 0 Å². The fourth-order valence-electron chi connectivity index (χ4n) is 3.42. The summed E-state index contributed by atoms with van der Waals surface area (Å²) < 4.78 is 0. The van der Waals surface area contributed by atoms with E-state index < -0.39 is 0 Å². The van der Waals surface area contributed by atoms with Gasteiger partial charge in [0.2, 0.25) is 11.8 Å². The average Bonchev–Trinajstić information content (AvgIpc) is 3.02. The van der Waals surface area contributed by atoms with Gasteiger partial charge in [-0.2, -0.15) is 0 Å². The molecule has 0 atom stereocenters. The topological polar surface area (TPSA) is 40.6 Å². The summed E-state index contributed by atoms with van der Waals surface area (Å²) in [6.07, 6.45) is 1.22. The minimum Gasteiger partial charge on any atom is -0.312 e. The molecule has 2 amide bonds. The number of carbonyl (C=O) groups is 2. The molecule has 2 aromatic rings. The molecular formula is C21H24N2O2. The van der Waals surface area contributed by atoms with Crippen LogP contribution >= 0.6 is 0 Å². The molecule has 0 N–H and O–H groups in total. The lowest BCUT2D eigenvalue weighted by Gasteiger charge is -2.25. The van der Waals surface area contributed by atoms with E-state index in [0.717, 1.165) is 35.5 Å². The van der Waals surface area contributed by atoms with E-state index >= 15 is 0 Å². The van der Waals surface area contributed by atoms with E-state index in [9.17, 15) is 9.59 Å². The van der Waals surface area contributed by atoms with Gasteiger partial charge in [0.15, 0.2) is 0 Å². The average molecular weight is 336 g/mol. The zero-order valence-electron chi connectivity index (χ0n) is 15.1. The molecule has 1 aliphatic rings. The van der Waals surface area contributed by atoms with Gasteiger partial charge in [-0.15, -0.1) is 0 Å². The molecule has 0 saturated carbocycles. The molecule has 3 rings (SSSR count). The minimum atomic E-state index is -0.0386. The Bertz CT molecular complexity index is 813. The van der Waals surface area contributed by atoms with Crippen molar-refractivity contribution in [2.24, 2.45) is 0 Å². The van der Waals surface area contributed by atoms with E-state index in [1.165, 1.54) is 5.56 Å². The molecule has 0 radical (unpaired) electrons. The molecule has 4 heteroatoms. The van der Waals surface area contributed by atoms with Gasteiger partial charge in [-0.3, -0.25) is 9.59 Å². The van der Waals surface area contributed by atoms with Crippen LogP contribution in [-0.2, 0) is 16.0 Å². The third-order valence-electron chi connectivity index (χ3n) is 4.98. The van der Waals surface area contributed by atoms with Crippen LogP contribution in [0.1, 0.15) is 30.0 Å². The van der Waals surface area contributed by atoms with Crippen LogP contribution < -0.4 is 9.80 Å². The Hall–Kier alpha value is -2.62. The summed E-state index contributed by atoms with van der Waals surface area (Å²) in [5.41, 5.74) is 5.34. The molecule has 4 nitrogen and oxygen atoms in total. The van der Waals surface area contributed by atoms with E-state index in [0.29, 0.717) is 13.0 Å². The van der Waals surface area contributed by atoms with Crippen LogP contribution in [0, 0.1) is 13.8 Å². The van der Waals surface area contributed by atoms with Gasteiger partial charge in [0.1, 0.15) is 0 Å². The SMILES string of the molecule is CC(=O)N(CCC(=O)N1CCc2ccccc21)c1cccc(C)c1C. The lowest BCUT2D eigenvalue weighted by molar-refractivity contribution is -0.118. The number of rotatable bonds is 4. The van der Waals surface area contributed by atoms with Crippen molar-refractivity contribution in [2.45, 2.75) is 33.6 Å². The van der Waals surface area contributed by atoms with Crippen LogP contribution in [0.25, 0.3) is 0 Å². The van der Waals surface area contributed by atoms with Gasteiger partial charge in [0.25, 0.3) is 0 Å². The number of nitrogens with zero attached hydrogens (tertiary/aromatic N) is 2. The molecule has 25 heavy (non-hydrogen) atoms. The van der Waals surface area contributed by atoms with Crippen molar-refractivity contribution >= 4 is 23.2 Å². The lowest BCUT2D eigenvalue weighted by Crippen LogP contribution is -2.36. The quantitative estimate of drug-likeness (QED) is 0.855. The van der Waals surface area contributed by atoms with Gasteiger partial charge >= 0.3 is 0 Å². The summed E-state index contributed by atoms with van der Waals surface area (Å²) in [4.78, 5) is 28.4. The minimum absolute atomic E-state index is 0.0386. The van der Waals surface area contributed by atoms with Gasteiger partial charge in [0.05, 0.1) is 0 Å². The van der Waals surface area contributed by atoms with Crippen molar-refractivity contribution in [1.29, 1.82) is 0 Å². The molecular weight excluding hydrogens is 312 g/mol. The molecule has 0 saturated heterocycles. The largest absolute Gasteiger partial charge is 0.312 e. The second-order valence-corrected chi connectivity index (χ2v) is 6.56. The Morgan fingerprint density at radius 3 is 2.60 bits per heavy atom. The highest BCUT2D eigenvalue weighted by molar-refractivity contribution is 5.97. The van der Waals surface area contributed by atoms with E-state index in [4.69, 9.17) is 0 Å². The molecule has 130 valence electrons. The van der Waals surface area contributed by atoms with Crippen molar-refractivity contribution in [1.82, 2.24) is 0 Å². The second-order valence-electron chi connectivity index (χ2n) is 6.56. The summed E-state index contributed by atoms with van der Waals surface area (Å²) in [6, 6.07) is 14.0. The zero-order chi connectivity index (χ0) is 18.0. The molecule has 0 aliphatic carbocycles. The summed E-state index contributed by atoms with van der Waals surface area (Å²) >= 11 is 0. The second kappa shape index (κ2) is 7.09. The summed E-state index contributed by atoms with van der Waals surface area (Å²) in [5.74, 6) is 0.0322. The number of para-hydroxylation sites is 1. The molecule has 0 spiro atoms. The molecule has 0 fully saturated rings. The van der Waals surface area contributed by atoms with Gasteiger partial charge in [-0.05, 0) is 49.1 Å². The Labute approximate surface area is 149 Å². The van der Waals surface area contributed by atoms with E-state index in [1.807, 2.05) is 55.1 Å². The van der Waals surface area contributed by atoms with Crippen LogP contribution in [0.3, 0.4) is 0 Å². The van der Waals surface area contributed by atoms with Crippen molar-refractivity contribution < 1.29 is 9.59 Å². The highest BCUT2D eigenvalue weighted by Crippen LogP contribution is 2.28. The number of carbonyl (C=O) groups excluding carboxylic acids is 2. The third-order valence-corrected chi connectivity index (χ3v) is 4.98. The van der Waals surface area contributed by atoms with Gasteiger partial charge < -0.3 is 9.80 Å². The standard InChI is InChI=1S/C21H24N2O2/c1-15-7-6-10-19(16(15)2)22(17(3)24)14-12-21(25)23-13-11-18-8-4-5-9-20(18)23/h4-10H,11-14H2,1-3H3. The van der Waals surface area contributed by atoms with Crippen molar-refractivity contribution in [2.75, 3.05) is 22.9 Å². The number of amides is 2. The van der Waals surface area contributed by atoms with Crippen molar-refractivity contribution in [3.05, 3.63) is 59.2 Å². The van der Waals surface area contributed by atoms with E-state index in [2.05, 4.69) is 6.07 Å². The predicted octanol–water partition coefficient (Wildman–Crippen LogP) is 3.64. The first-order chi connectivity index (χ1) is 12.0. The summed E-state index contributed by atoms with van der Waals surface area (Å²) in [7, 11) is 0. The highest BCUT2D eigenvalue weighted by atomic mass is 16.2. The maximum Gasteiger partial charge on any atom is 0.228 e. The van der Waals surface area contributed by atoms with Crippen LogP contribution in [-0.4, -0.2) is 24.9 Å². The van der Waals surface area contributed by atoms with E-state index in [1.54, 1.807) is 11.8 Å². The first-order valence-corrected chi connectivity index (χ1v) is 8.71. The maximum absolute atomic E-state index is 12.7. The number of benzene rings is 2. The van der Waals surface area contributed by atoms with Gasteiger partial charge in [0, 0.05) is 37.8 Å². The molecule has 0 bridgehead atoms. The zero-order valence-corrected chi connectivity index (χ0v) is 15.1. The van der Waals surface area contributed by atoms with E-state index in [-0.39, 0.29) is 11.8 Å². The first-order valence-electron chi connectivity index (χ1n) is 8.71. The molecule has 1 heterocycles. The number of hydrogen-bond acceptors (Lipinski definition) is 2. The monoisotopic (exact) mass is 336 g/mol. The number of aryl methyl sites for hydroxylation is 1. The summed E-state index contributed by atoms with van der Waals surface area (Å²) in [6.45, 7) is 6.72.